The summed E-state index contributed by atoms with van der Waals surface area (Å²) in [7, 11) is -2.64. The Kier molecular flexibility index (Phi) is 5.60. The fraction of sp³-hybridized carbons (Fsp3) is 0.778. The SMILES string of the molecule is CCO[Si](Cn1cncn1)(OCC)OCC. The van der Waals surface area contributed by atoms with E-state index in [-0.39, 0.29) is 0 Å². The first kappa shape index (κ1) is 13.3. The van der Waals surface area contributed by atoms with Gasteiger partial charge in [-0.25, -0.2) is 9.67 Å². The maximum Gasteiger partial charge on any atom is 0.523 e. The minimum atomic E-state index is -2.64. The van der Waals surface area contributed by atoms with Crippen LogP contribution in [0.3, 0.4) is 0 Å². The van der Waals surface area contributed by atoms with Crippen LogP contribution in [-0.4, -0.2) is 43.4 Å². The summed E-state index contributed by atoms with van der Waals surface area (Å²) in [6.45, 7) is 7.51. The molecule has 0 amide bonds. The van der Waals surface area contributed by atoms with Crippen molar-refractivity contribution in [3.05, 3.63) is 12.7 Å². The van der Waals surface area contributed by atoms with Gasteiger partial charge in [0.25, 0.3) is 0 Å². The average Bonchev–Trinajstić information content (AvgIpc) is 2.71. The summed E-state index contributed by atoms with van der Waals surface area (Å²) >= 11 is 0. The van der Waals surface area contributed by atoms with Crippen molar-refractivity contribution in [3.8, 4) is 0 Å². The third-order valence-electron chi connectivity index (χ3n) is 1.91. The van der Waals surface area contributed by atoms with Crippen LogP contribution in [0, 0.1) is 0 Å². The van der Waals surface area contributed by atoms with Crippen LogP contribution < -0.4 is 0 Å². The van der Waals surface area contributed by atoms with E-state index in [1.807, 2.05) is 20.8 Å². The Balaban J connectivity index is 2.73. The molecule has 16 heavy (non-hydrogen) atoms. The van der Waals surface area contributed by atoms with Crippen molar-refractivity contribution in [2.45, 2.75) is 26.9 Å². The highest BCUT2D eigenvalue weighted by molar-refractivity contribution is 6.59. The monoisotopic (exact) mass is 245 g/mol. The Morgan fingerprint density at radius 2 is 1.62 bits per heavy atom. The zero-order valence-electron chi connectivity index (χ0n) is 10.0. The van der Waals surface area contributed by atoms with Gasteiger partial charge in [-0.3, -0.25) is 0 Å². The van der Waals surface area contributed by atoms with Crippen LogP contribution in [0.5, 0.6) is 0 Å². The molecule has 0 unspecified atom stereocenters. The molecule has 1 aromatic heterocycles. The Hall–Kier alpha value is -0.763. The molecule has 0 aliphatic carbocycles. The van der Waals surface area contributed by atoms with Gasteiger partial charge >= 0.3 is 8.80 Å². The largest absolute Gasteiger partial charge is 0.523 e. The highest BCUT2D eigenvalue weighted by atomic mass is 28.4. The van der Waals surface area contributed by atoms with Gasteiger partial charge in [-0.15, -0.1) is 0 Å². The van der Waals surface area contributed by atoms with E-state index in [1.165, 1.54) is 6.33 Å². The first-order valence-electron chi connectivity index (χ1n) is 5.50. The lowest BCUT2D eigenvalue weighted by Gasteiger charge is -2.27. The van der Waals surface area contributed by atoms with Crippen LogP contribution in [0.25, 0.3) is 0 Å². The Morgan fingerprint density at radius 1 is 1.06 bits per heavy atom. The summed E-state index contributed by atoms with van der Waals surface area (Å²) in [6, 6.07) is 0. The lowest BCUT2D eigenvalue weighted by atomic mass is 10.9. The standard InChI is InChI=1S/C9H19N3O3Si/c1-4-13-16(14-5-2,15-6-3)9-12-8-10-7-11-12/h7-8H,4-6,9H2,1-3H3. The molecule has 0 radical (unpaired) electrons. The van der Waals surface area contributed by atoms with Crippen LogP contribution in [0.1, 0.15) is 20.8 Å². The van der Waals surface area contributed by atoms with Crippen LogP contribution in [-0.2, 0) is 19.4 Å². The Bertz CT molecular complexity index is 265. The second kappa shape index (κ2) is 6.74. The van der Waals surface area contributed by atoms with Crippen molar-refractivity contribution in [1.82, 2.24) is 14.8 Å². The summed E-state index contributed by atoms with van der Waals surface area (Å²) in [5.74, 6) is 0. The van der Waals surface area contributed by atoms with E-state index in [0.29, 0.717) is 26.0 Å². The second-order valence-electron chi connectivity index (χ2n) is 3.08. The van der Waals surface area contributed by atoms with E-state index in [0.717, 1.165) is 0 Å². The van der Waals surface area contributed by atoms with Gasteiger partial charge in [-0.1, -0.05) is 0 Å². The van der Waals surface area contributed by atoms with E-state index in [9.17, 15) is 0 Å². The highest BCUT2D eigenvalue weighted by Crippen LogP contribution is 2.12. The van der Waals surface area contributed by atoms with Gasteiger partial charge < -0.3 is 13.3 Å². The maximum absolute atomic E-state index is 5.69. The molecule has 0 N–H and O–H groups in total. The third kappa shape index (κ3) is 3.67. The molecule has 0 aliphatic rings. The number of rotatable bonds is 8. The predicted molar refractivity (Wildman–Crippen MR) is 60.7 cm³/mol. The van der Waals surface area contributed by atoms with E-state index in [1.54, 1.807) is 11.0 Å². The highest BCUT2D eigenvalue weighted by Gasteiger charge is 2.41. The topological polar surface area (TPSA) is 58.4 Å². The molecule has 0 bridgehead atoms. The maximum atomic E-state index is 5.69. The number of hydrogen-bond donors (Lipinski definition) is 0. The van der Waals surface area contributed by atoms with Crippen molar-refractivity contribution in [2.75, 3.05) is 19.8 Å². The van der Waals surface area contributed by atoms with Crippen LogP contribution in [0.2, 0.25) is 0 Å². The van der Waals surface area contributed by atoms with Crippen molar-refractivity contribution >= 4 is 8.80 Å². The van der Waals surface area contributed by atoms with E-state index in [2.05, 4.69) is 10.1 Å². The predicted octanol–water partition coefficient (Wildman–Crippen LogP) is 0.866. The van der Waals surface area contributed by atoms with Crippen LogP contribution >= 0.6 is 0 Å². The van der Waals surface area contributed by atoms with Gasteiger partial charge in [-0.05, 0) is 20.8 Å². The molecule has 0 fully saturated rings. The third-order valence-corrected chi connectivity index (χ3v) is 4.81. The molecule has 1 heterocycles. The fourth-order valence-corrected chi connectivity index (χ4v) is 3.84. The molecular weight excluding hydrogens is 226 g/mol. The van der Waals surface area contributed by atoms with Gasteiger partial charge in [0.05, 0.1) is 0 Å². The van der Waals surface area contributed by atoms with Crippen molar-refractivity contribution < 1.29 is 13.3 Å². The van der Waals surface area contributed by atoms with Crippen LogP contribution in [0.4, 0.5) is 0 Å². The van der Waals surface area contributed by atoms with Gasteiger partial charge in [0, 0.05) is 19.8 Å². The number of aromatic nitrogens is 3. The van der Waals surface area contributed by atoms with Gasteiger partial charge in [-0.2, -0.15) is 5.10 Å². The zero-order chi connectivity index (χ0) is 11.9. The first-order valence-corrected chi connectivity index (χ1v) is 7.43. The second-order valence-corrected chi connectivity index (χ2v) is 5.62. The minimum absolute atomic E-state index is 0.503. The average molecular weight is 245 g/mol. The van der Waals surface area contributed by atoms with E-state index >= 15 is 0 Å². The molecule has 1 rings (SSSR count). The molecule has 0 spiro atoms. The van der Waals surface area contributed by atoms with Crippen molar-refractivity contribution in [1.29, 1.82) is 0 Å². The molecule has 7 heteroatoms. The quantitative estimate of drug-likeness (QED) is 0.636. The molecule has 0 atom stereocenters. The summed E-state index contributed by atoms with van der Waals surface area (Å²) in [5.41, 5.74) is 0. The lowest BCUT2D eigenvalue weighted by molar-refractivity contribution is 0.0639. The summed E-state index contributed by atoms with van der Waals surface area (Å²) in [6.07, 6.45) is 3.63. The van der Waals surface area contributed by atoms with E-state index < -0.39 is 8.80 Å². The lowest BCUT2D eigenvalue weighted by Crippen LogP contribution is -2.50. The summed E-state index contributed by atoms with van der Waals surface area (Å²) in [4.78, 5) is 3.89. The molecular formula is C9H19N3O3Si. The molecule has 0 aliphatic heterocycles. The molecule has 1 aromatic rings. The van der Waals surface area contributed by atoms with Gasteiger partial charge in [0.1, 0.15) is 18.8 Å². The summed E-state index contributed by atoms with van der Waals surface area (Å²) < 4.78 is 18.8. The molecule has 0 saturated heterocycles. The summed E-state index contributed by atoms with van der Waals surface area (Å²) in [5, 5.41) is 4.05. The van der Waals surface area contributed by atoms with Crippen LogP contribution in [0.15, 0.2) is 12.7 Å². The van der Waals surface area contributed by atoms with Crippen molar-refractivity contribution in [3.63, 3.8) is 0 Å². The van der Waals surface area contributed by atoms with Gasteiger partial charge in [0.2, 0.25) is 0 Å². The zero-order valence-corrected chi connectivity index (χ0v) is 11.0. The number of hydrogen-bond acceptors (Lipinski definition) is 5. The molecule has 92 valence electrons. The molecule has 0 aromatic carbocycles. The first-order chi connectivity index (χ1) is 7.76. The van der Waals surface area contributed by atoms with Gasteiger partial charge in [0.15, 0.2) is 0 Å². The smallest absolute Gasteiger partial charge is 0.373 e. The minimum Gasteiger partial charge on any atom is -0.373 e. The van der Waals surface area contributed by atoms with Crippen molar-refractivity contribution in [2.24, 2.45) is 0 Å². The Labute approximate surface area is 96.9 Å². The van der Waals surface area contributed by atoms with E-state index in [4.69, 9.17) is 13.3 Å². The number of nitrogens with zero attached hydrogens (tertiary/aromatic N) is 3. The normalized spacial score (nSPS) is 11.9. The molecule has 0 saturated carbocycles. The Morgan fingerprint density at radius 3 is 2.00 bits per heavy atom. The molecule has 6 nitrogen and oxygen atoms in total. The fourth-order valence-electron chi connectivity index (χ4n) is 1.43.